The number of tetrazole rings is 1. The van der Waals surface area contributed by atoms with Crippen molar-refractivity contribution in [2.45, 2.75) is 20.4 Å². The van der Waals surface area contributed by atoms with Gasteiger partial charge in [0.15, 0.2) is 0 Å². The van der Waals surface area contributed by atoms with Crippen molar-refractivity contribution in [3.8, 4) is 11.4 Å². The second-order valence-corrected chi connectivity index (χ2v) is 5.83. The molecular weight excluding hydrogens is 332 g/mol. The highest BCUT2D eigenvalue weighted by Gasteiger charge is 2.13. The predicted octanol–water partition coefficient (Wildman–Crippen LogP) is 2.31. The van der Waals surface area contributed by atoms with E-state index >= 15 is 0 Å². The summed E-state index contributed by atoms with van der Waals surface area (Å²) in [7, 11) is 0. The molecule has 2 N–H and O–H groups in total. The van der Waals surface area contributed by atoms with Gasteiger partial charge in [0.25, 0.3) is 5.91 Å². The lowest BCUT2D eigenvalue weighted by Crippen LogP contribution is -2.37. The molecule has 3 amide bonds. The van der Waals surface area contributed by atoms with Crippen LogP contribution in [0.15, 0.2) is 48.5 Å². The average Bonchev–Trinajstić information content (AvgIpc) is 3.03. The molecular formula is C18H18N6O2. The van der Waals surface area contributed by atoms with Gasteiger partial charge in [-0.15, -0.1) is 10.2 Å². The molecule has 0 aliphatic carbocycles. The van der Waals surface area contributed by atoms with Crippen molar-refractivity contribution in [3.63, 3.8) is 0 Å². The van der Waals surface area contributed by atoms with Gasteiger partial charge in [0.2, 0.25) is 5.82 Å². The quantitative estimate of drug-likeness (QED) is 0.752. The number of hydrogen-bond acceptors (Lipinski definition) is 5. The fourth-order valence-corrected chi connectivity index (χ4v) is 2.42. The van der Waals surface area contributed by atoms with E-state index in [1.165, 1.54) is 0 Å². The Morgan fingerprint density at radius 1 is 1.08 bits per heavy atom. The number of benzene rings is 2. The van der Waals surface area contributed by atoms with Crippen LogP contribution in [0.3, 0.4) is 0 Å². The summed E-state index contributed by atoms with van der Waals surface area (Å²) < 4.78 is 0. The lowest BCUT2D eigenvalue weighted by molar-refractivity contribution is -0.120. The van der Waals surface area contributed by atoms with E-state index in [-0.39, 0.29) is 6.54 Å². The molecule has 0 bridgehead atoms. The largest absolute Gasteiger partial charge is 0.325 e. The van der Waals surface area contributed by atoms with Crippen LogP contribution < -0.4 is 10.6 Å². The molecule has 26 heavy (non-hydrogen) atoms. The molecule has 0 unspecified atom stereocenters. The van der Waals surface area contributed by atoms with Gasteiger partial charge in [-0.05, 0) is 42.3 Å². The number of carbonyl (C=O) groups is 2. The summed E-state index contributed by atoms with van der Waals surface area (Å²) in [6.45, 7) is 3.65. The van der Waals surface area contributed by atoms with Crippen LogP contribution in [-0.2, 0) is 11.3 Å². The normalized spacial score (nSPS) is 10.4. The molecule has 3 aromatic rings. The highest BCUT2D eigenvalue weighted by Crippen LogP contribution is 2.17. The number of nitrogens with zero attached hydrogens (tertiary/aromatic N) is 4. The molecule has 2 aromatic carbocycles. The average molecular weight is 350 g/mol. The Bertz CT molecular complexity index is 950. The molecule has 0 saturated heterocycles. The maximum Gasteiger partial charge on any atom is 0.325 e. The summed E-state index contributed by atoms with van der Waals surface area (Å²) in [5, 5.41) is 16.8. The molecule has 0 spiro atoms. The fraction of sp³-hybridized carbons (Fsp3) is 0.167. The topological polar surface area (TPSA) is 102 Å². The number of anilines is 1. The van der Waals surface area contributed by atoms with E-state index < -0.39 is 11.9 Å². The van der Waals surface area contributed by atoms with Gasteiger partial charge in [-0.1, -0.05) is 36.4 Å². The fourth-order valence-electron chi connectivity index (χ4n) is 2.42. The smallest absolute Gasteiger partial charge is 0.308 e. The Morgan fingerprint density at radius 3 is 2.65 bits per heavy atom. The highest BCUT2D eigenvalue weighted by atomic mass is 16.2. The van der Waals surface area contributed by atoms with Crippen molar-refractivity contribution < 1.29 is 9.59 Å². The van der Waals surface area contributed by atoms with Gasteiger partial charge in [-0.3, -0.25) is 10.1 Å². The summed E-state index contributed by atoms with van der Waals surface area (Å²) >= 11 is 0. The van der Waals surface area contributed by atoms with E-state index in [0.29, 0.717) is 11.5 Å². The summed E-state index contributed by atoms with van der Waals surface area (Å²) in [6, 6.07) is 14.3. The number of amides is 3. The van der Waals surface area contributed by atoms with Crippen LogP contribution in [0.25, 0.3) is 11.4 Å². The highest BCUT2D eigenvalue weighted by molar-refractivity contribution is 6.01. The number of aromatic nitrogens is 4. The first-order valence-electron chi connectivity index (χ1n) is 8.02. The van der Waals surface area contributed by atoms with Crippen molar-refractivity contribution in [2.75, 3.05) is 5.32 Å². The lowest BCUT2D eigenvalue weighted by atomic mass is 10.1. The molecule has 0 aliphatic heterocycles. The van der Waals surface area contributed by atoms with Crippen LogP contribution in [0.2, 0.25) is 0 Å². The number of rotatable bonds is 4. The molecule has 1 aromatic heterocycles. The number of urea groups is 1. The number of nitrogens with one attached hydrogen (secondary N) is 2. The molecule has 0 aliphatic rings. The van der Waals surface area contributed by atoms with E-state index in [1.807, 2.05) is 50.2 Å². The Labute approximate surface area is 150 Å². The second kappa shape index (κ2) is 7.56. The minimum absolute atomic E-state index is 0.208. The second-order valence-electron chi connectivity index (χ2n) is 5.83. The van der Waals surface area contributed by atoms with Crippen molar-refractivity contribution in [1.82, 2.24) is 25.5 Å². The van der Waals surface area contributed by atoms with Crippen LogP contribution in [0.4, 0.5) is 10.5 Å². The third kappa shape index (κ3) is 4.29. The Balaban J connectivity index is 1.58. The first-order chi connectivity index (χ1) is 12.5. The molecule has 132 valence electrons. The van der Waals surface area contributed by atoms with Crippen molar-refractivity contribution in [1.29, 1.82) is 0 Å². The van der Waals surface area contributed by atoms with E-state index in [9.17, 15) is 9.59 Å². The van der Waals surface area contributed by atoms with Gasteiger partial charge in [0.1, 0.15) is 6.54 Å². The van der Waals surface area contributed by atoms with Crippen LogP contribution in [0.1, 0.15) is 11.1 Å². The standard InChI is InChI=1S/C18H18N6O2/c1-12-6-5-8-14(10-12)19-18(26)20-16(25)11-24-22-17(21-23-24)15-9-4-3-7-13(15)2/h3-10H,11H2,1-2H3,(H2,19,20,25,26). The third-order valence-electron chi connectivity index (χ3n) is 3.65. The number of carbonyl (C=O) groups excluding carboxylic acids is 2. The first-order valence-corrected chi connectivity index (χ1v) is 8.02. The van der Waals surface area contributed by atoms with Gasteiger partial charge in [0, 0.05) is 11.3 Å². The minimum Gasteiger partial charge on any atom is -0.308 e. The number of hydrogen-bond donors (Lipinski definition) is 2. The Morgan fingerprint density at radius 2 is 1.88 bits per heavy atom. The van der Waals surface area contributed by atoms with Crippen LogP contribution in [-0.4, -0.2) is 32.1 Å². The minimum atomic E-state index is -0.611. The summed E-state index contributed by atoms with van der Waals surface area (Å²) in [4.78, 5) is 25.0. The Kier molecular flexibility index (Phi) is 5.02. The van der Waals surface area contributed by atoms with Gasteiger partial charge >= 0.3 is 6.03 Å². The maximum absolute atomic E-state index is 12.0. The molecule has 0 radical (unpaired) electrons. The molecule has 3 rings (SSSR count). The van der Waals surface area contributed by atoms with Crippen molar-refractivity contribution >= 4 is 17.6 Å². The number of imide groups is 1. The zero-order valence-electron chi connectivity index (χ0n) is 14.4. The molecule has 8 heteroatoms. The third-order valence-corrected chi connectivity index (χ3v) is 3.65. The molecule has 0 fully saturated rings. The van der Waals surface area contributed by atoms with Crippen molar-refractivity contribution in [3.05, 3.63) is 59.7 Å². The summed E-state index contributed by atoms with van der Waals surface area (Å²) in [5.74, 6) is -0.107. The maximum atomic E-state index is 12.0. The van der Waals surface area contributed by atoms with Crippen LogP contribution >= 0.6 is 0 Å². The van der Waals surface area contributed by atoms with Crippen LogP contribution in [0.5, 0.6) is 0 Å². The predicted molar refractivity (Wildman–Crippen MR) is 96.3 cm³/mol. The van der Waals surface area contributed by atoms with Gasteiger partial charge in [0.05, 0.1) is 0 Å². The summed E-state index contributed by atoms with van der Waals surface area (Å²) in [6.07, 6.45) is 0. The monoisotopic (exact) mass is 350 g/mol. The van der Waals surface area contributed by atoms with Gasteiger partial charge < -0.3 is 5.32 Å². The van der Waals surface area contributed by atoms with Crippen LogP contribution in [0, 0.1) is 13.8 Å². The van der Waals surface area contributed by atoms with Gasteiger partial charge in [-0.25, -0.2) is 4.79 Å². The first kappa shape index (κ1) is 17.3. The SMILES string of the molecule is Cc1cccc(NC(=O)NC(=O)Cn2nnc(-c3ccccc3C)n2)c1. The zero-order valence-corrected chi connectivity index (χ0v) is 14.4. The van der Waals surface area contributed by atoms with Gasteiger partial charge in [-0.2, -0.15) is 4.80 Å². The molecule has 1 heterocycles. The van der Waals surface area contributed by atoms with E-state index in [4.69, 9.17) is 0 Å². The lowest BCUT2D eigenvalue weighted by Gasteiger charge is -2.06. The zero-order chi connectivity index (χ0) is 18.5. The van der Waals surface area contributed by atoms with E-state index in [1.54, 1.807) is 12.1 Å². The van der Waals surface area contributed by atoms with E-state index in [2.05, 4.69) is 26.0 Å². The van der Waals surface area contributed by atoms with Crippen molar-refractivity contribution in [2.24, 2.45) is 0 Å². The molecule has 0 saturated carbocycles. The summed E-state index contributed by atoms with van der Waals surface area (Å²) in [5.41, 5.74) is 3.46. The van der Waals surface area contributed by atoms with E-state index in [0.717, 1.165) is 21.5 Å². The number of aryl methyl sites for hydroxylation is 2. The molecule has 0 atom stereocenters. The Hall–Kier alpha value is -3.55. The molecule has 8 nitrogen and oxygen atoms in total.